The average Bonchev–Trinajstić information content (AvgIpc) is 3.01. The van der Waals surface area contributed by atoms with Crippen LogP contribution in [0.1, 0.15) is 24.1 Å². The normalized spacial score (nSPS) is 10.1. The second kappa shape index (κ2) is 8.89. The lowest BCUT2D eigenvalue weighted by atomic mass is 10.2. The first-order valence-electron chi connectivity index (χ1n) is 7.16. The maximum atomic E-state index is 11.7. The molecule has 1 amide bonds. The zero-order valence-electron chi connectivity index (χ0n) is 12.8. The Bertz CT molecular complexity index is 643. The monoisotopic (exact) mass is 334 g/mol. The molecule has 0 spiro atoms. The number of thiazole rings is 1. The van der Waals surface area contributed by atoms with E-state index in [1.54, 1.807) is 0 Å². The van der Waals surface area contributed by atoms with E-state index < -0.39 is 6.09 Å². The van der Waals surface area contributed by atoms with E-state index in [0.29, 0.717) is 24.4 Å². The minimum Gasteiger partial charge on any atom is -0.469 e. The summed E-state index contributed by atoms with van der Waals surface area (Å²) in [6, 6.07) is 9.45. The van der Waals surface area contributed by atoms with Crippen molar-refractivity contribution in [3.8, 4) is 0 Å². The molecule has 0 aliphatic rings. The number of nitrogens with one attached hydrogen (secondary N) is 1. The summed E-state index contributed by atoms with van der Waals surface area (Å²) in [4.78, 5) is 27.0. The van der Waals surface area contributed by atoms with Crippen molar-refractivity contribution in [1.29, 1.82) is 0 Å². The maximum Gasteiger partial charge on any atom is 0.413 e. The molecule has 0 saturated carbocycles. The number of aromatic nitrogens is 1. The Hall–Kier alpha value is -2.41. The number of amides is 1. The second-order valence-electron chi connectivity index (χ2n) is 4.76. The quantitative estimate of drug-likeness (QED) is 0.785. The van der Waals surface area contributed by atoms with Crippen LogP contribution in [-0.2, 0) is 27.3 Å². The van der Waals surface area contributed by atoms with Gasteiger partial charge in [0.05, 0.1) is 12.8 Å². The van der Waals surface area contributed by atoms with Gasteiger partial charge in [0.2, 0.25) is 0 Å². The van der Waals surface area contributed by atoms with Crippen molar-refractivity contribution in [2.45, 2.75) is 25.9 Å². The minimum absolute atomic E-state index is 0.212. The maximum absolute atomic E-state index is 11.7. The number of nitrogens with zero attached hydrogens (tertiary/aromatic N) is 1. The third-order valence-corrected chi connectivity index (χ3v) is 3.82. The van der Waals surface area contributed by atoms with Crippen molar-refractivity contribution in [2.24, 2.45) is 0 Å². The Balaban J connectivity index is 1.73. The van der Waals surface area contributed by atoms with Crippen molar-refractivity contribution in [3.63, 3.8) is 0 Å². The number of esters is 1. The number of benzene rings is 1. The molecule has 0 atom stereocenters. The predicted molar refractivity (Wildman–Crippen MR) is 87.3 cm³/mol. The molecular formula is C16H18N2O4S. The van der Waals surface area contributed by atoms with E-state index >= 15 is 0 Å². The fourth-order valence-electron chi connectivity index (χ4n) is 1.84. The van der Waals surface area contributed by atoms with Crippen LogP contribution >= 0.6 is 11.3 Å². The summed E-state index contributed by atoms with van der Waals surface area (Å²) in [5, 5.41) is 4.93. The molecule has 0 radical (unpaired) electrons. The molecule has 1 N–H and O–H groups in total. The third kappa shape index (κ3) is 6.07. The zero-order chi connectivity index (χ0) is 16.5. The third-order valence-electron chi connectivity index (χ3n) is 3.01. The van der Waals surface area contributed by atoms with Crippen LogP contribution in [0.15, 0.2) is 35.7 Å². The molecule has 0 fully saturated rings. The standard InChI is InChI=1S/C16H18N2O4S/c1-21-14(19)9-5-8-13-11-23-15(17-13)18-16(20)22-10-12-6-3-2-4-7-12/h2-4,6-7,11H,5,8-10H2,1H3,(H,17,18,20). The molecule has 0 unspecified atom stereocenters. The number of aryl methyl sites for hydroxylation is 1. The van der Waals surface area contributed by atoms with Crippen molar-refractivity contribution >= 4 is 28.5 Å². The van der Waals surface area contributed by atoms with Gasteiger partial charge in [0.25, 0.3) is 0 Å². The molecule has 6 nitrogen and oxygen atoms in total. The number of methoxy groups -OCH3 is 1. The van der Waals surface area contributed by atoms with Crippen LogP contribution < -0.4 is 5.32 Å². The summed E-state index contributed by atoms with van der Waals surface area (Å²) in [5.74, 6) is -0.233. The van der Waals surface area contributed by atoms with Crippen LogP contribution in [0.4, 0.5) is 9.93 Å². The van der Waals surface area contributed by atoms with Crippen molar-refractivity contribution in [3.05, 3.63) is 47.0 Å². The Morgan fingerprint density at radius 2 is 2.04 bits per heavy atom. The number of carbonyl (C=O) groups excluding carboxylic acids is 2. The largest absolute Gasteiger partial charge is 0.469 e. The van der Waals surface area contributed by atoms with Crippen LogP contribution in [0.2, 0.25) is 0 Å². The summed E-state index contributed by atoms with van der Waals surface area (Å²) < 4.78 is 9.70. The van der Waals surface area contributed by atoms with Gasteiger partial charge in [0.15, 0.2) is 5.13 Å². The number of anilines is 1. The number of hydrogen-bond donors (Lipinski definition) is 1. The molecule has 122 valence electrons. The van der Waals surface area contributed by atoms with Gasteiger partial charge in [0, 0.05) is 11.8 Å². The van der Waals surface area contributed by atoms with E-state index in [1.807, 2.05) is 35.7 Å². The van der Waals surface area contributed by atoms with Gasteiger partial charge < -0.3 is 9.47 Å². The van der Waals surface area contributed by atoms with Gasteiger partial charge in [-0.3, -0.25) is 10.1 Å². The van der Waals surface area contributed by atoms with E-state index in [0.717, 1.165) is 11.3 Å². The lowest BCUT2D eigenvalue weighted by molar-refractivity contribution is -0.140. The smallest absolute Gasteiger partial charge is 0.413 e. The Morgan fingerprint density at radius 1 is 1.26 bits per heavy atom. The number of ether oxygens (including phenoxy) is 2. The van der Waals surface area contributed by atoms with Crippen molar-refractivity contribution in [1.82, 2.24) is 4.98 Å². The molecule has 1 heterocycles. The summed E-state index contributed by atoms with van der Waals surface area (Å²) in [6.07, 6.45) is 1.14. The topological polar surface area (TPSA) is 77.5 Å². The molecule has 0 saturated heterocycles. The SMILES string of the molecule is COC(=O)CCCc1csc(NC(=O)OCc2ccccc2)n1. The molecule has 7 heteroatoms. The number of hydrogen-bond acceptors (Lipinski definition) is 6. The van der Waals surface area contributed by atoms with Gasteiger partial charge in [-0.25, -0.2) is 9.78 Å². The highest BCUT2D eigenvalue weighted by Gasteiger charge is 2.08. The summed E-state index contributed by atoms with van der Waals surface area (Å²) in [7, 11) is 1.37. The van der Waals surface area contributed by atoms with E-state index in [9.17, 15) is 9.59 Å². The number of carbonyl (C=O) groups is 2. The molecule has 0 bridgehead atoms. The van der Waals surface area contributed by atoms with Gasteiger partial charge >= 0.3 is 12.1 Å². The molecule has 0 aliphatic carbocycles. The van der Waals surface area contributed by atoms with Gasteiger partial charge in [-0.2, -0.15) is 0 Å². The van der Waals surface area contributed by atoms with Gasteiger partial charge in [-0.15, -0.1) is 11.3 Å². The molecule has 0 aliphatic heterocycles. The second-order valence-corrected chi connectivity index (χ2v) is 5.62. The first-order valence-corrected chi connectivity index (χ1v) is 8.04. The van der Waals surface area contributed by atoms with Gasteiger partial charge in [-0.05, 0) is 18.4 Å². The number of rotatable bonds is 7. The Kier molecular flexibility index (Phi) is 6.56. The Morgan fingerprint density at radius 3 is 2.78 bits per heavy atom. The van der Waals surface area contributed by atoms with E-state index in [4.69, 9.17) is 4.74 Å². The first-order chi connectivity index (χ1) is 11.2. The molecular weight excluding hydrogens is 316 g/mol. The van der Waals surface area contributed by atoms with Crippen LogP contribution in [0.25, 0.3) is 0 Å². The van der Waals surface area contributed by atoms with E-state index in [-0.39, 0.29) is 12.6 Å². The van der Waals surface area contributed by atoms with Crippen molar-refractivity contribution < 1.29 is 19.1 Å². The molecule has 1 aromatic carbocycles. The fraction of sp³-hybridized carbons (Fsp3) is 0.312. The summed E-state index contributed by atoms with van der Waals surface area (Å²) in [5.41, 5.74) is 1.75. The molecule has 1 aromatic heterocycles. The highest BCUT2D eigenvalue weighted by atomic mass is 32.1. The van der Waals surface area contributed by atoms with Gasteiger partial charge in [-0.1, -0.05) is 30.3 Å². The zero-order valence-corrected chi connectivity index (χ0v) is 13.6. The van der Waals surface area contributed by atoms with Crippen molar-refractivity contribution in [2.75, 3.05) is 12.4 Å². The van der Waals surface area contributed by atoms with Gasteiger partial charge in [0.1, 0.15) is 6.61 Å². The van der Waals surface area contributed by atoms with Crippen LogP contribution in [0.3, 0.4) is 0 Å². The molecule has 2 aromatic rings. The minimum atomic E-state index is -0.538. The molecule has 2 rings (SSSR count). The summed E-state index contributed by atoms with van der Waals surface area (Å²) >= 11 is 1.32. The van der Waals surface area contributed by atoms with E-state index in [2.05, 4.69) is 15.0 Å². The molecule has 23 heavy (non-hydrogen) atoms. The highest BCUT2D eigenvalue weighted by molar-refractivity contribution is 7.13. The first kappa shape index (κ1) is 17.0. The Labute approximate surface area is 138 Å². The van der Waals surface area contributed by atoms with Crippen LogP contribution in [0, 0.1) is 0 Å². The fourth-order valence-corrected chi connectivity index (χ4v) is 2.57. The lowest BCUT2D eigenvalue weighted by Crippen LogP contribution is -2.13. The van der Waals surface area contributed by atoms with Crippen LogP contribution in [-0.4, -0.2) is 24.2 Å². The van der Waals surface area contributed by atoms with E-state index in [1.165, 1.54) is 18.4 Å². The average molecular weight is 334 g/mol. The highest BCUT2D eigenvalue weighted by Crippen LogP contribution is 2.17. The van der Waals surface area contributed by atoms with Crippen LogP contribution in [0.5, 0.6) is 0 Å². The predicted octanol–water partition coefficient (Wildman–Crippen LogP) is 3.39. The lowest BCUT2D eigenvalue weighted by Gasteiger charge is -2.04. The summed E-state index contributed by atoms with van der Waals surface area (Å²) in [6.45, 7) is 0.212.